The molecule has 0 saturated carbocycles. The highest BCUT2D eigenvalue weighted by Crippen LogP contribution is 2.15. The quantitative estimate of drug-likeness (QED) is 0.188. The van der Waals surface area contributed by atoms with Crippen LogP contribution in [0.3, 0.4) is 0 Å². The van der Waals surface area contributed by atoms with Gasteiger partial charge in [-0.15, -0.1) is 0 Å². The van der Waals surface area contributed by atoms with Gasteiger partial charge in [-0.1, -0.05) is 40.0 Å². The van der Waals surface area contributed by atoms with E-state index in [2.05, 4.69) is 10.6 Å². The lowest BCUT2D eigenvalue weighted by atomic mass is 9.94. The third kappa shape index (κ3) is 8.80. The van der Waals surface area contributed by atoms with Crippen molar-refractivity contribution in [2.75, 3.05) is 0 Å². The predicted octanol–water partition coefficient (Wildman–Crippen LogP) is 0.209. The molecule has 3 atom stereocenters. The fourth-order valence-corrected chi connectivity index (χ4v) is 2.42. The van der Waals surface area contributed by atoms with E-state index < -0.39 is 41.6 Å². The van der Waals surface area contributed by atoms with Crippen molar-refractivity contribution in [3.63, 3.8) is 0 Å². The van der Waals surface area contributed by atoms with Gasteiger partial charge in [-0.05, 0) is 19.3 Å². The molecular weight excluding hydrogens is 340 g/mol. The van der Waals surface area contributed by atoms with Crippen LogP contribution < -0.4 is 21.8 Å². The summed E-state index contributed by atoms with van der Waals surface area (Å²) in [5, 5.41) is 13.8. The first kappa shape index (κ1) is 23.8. The van der Waals surface area contributed by atoms with Crippen molar-refractivity contribution in [3.8, 4) is 0 Å². The summed E-state index contributed by atoms with van der Waals surface area (Å²) < 4.78 is 0. The number of carbonyl (C=O) groups excluding carboxylic acids is 4. The number of amides is 4. The Kier molecular flexibility index (Phi) is 11.2. The first-order chi connectivity index (χ1) is 12.1. The number of hydrogen-bond donors (Lipinski definition) is 5. The maximum atomic E-state index is 12.6. The van der Waals surface area contributed by atoms with Crippen molar-refractivity contribution in [1.82, 2.24) is 16.1 Å². The van der Waals surface area contributed by atoms with Crippen LogP contribution in [0.15, 0.2) is 0 Å². The van der Waals surface area contributed by atoms with Crippen molar-refractivity contribution in [1.29, 1.82) is 0 Å². The molecule has 9 nitrogen and oxygen atoms in total. The van der Waals surface area contributed by atoms with Gasteiger partial charge in [0.15, 0.2) is 0 Å². The maximum Gasteiger partial charge on any atom is 0.244 e. The molecule has 0 aromatic carbocycles. The van der Waals surface area contributed by atoms with Crippen molar-refractivity contribution < 1.29 is 24.4 Å². The largest absolute Gasteiger partial charge is 0.368 e. The molecule has 0 unspecified atom stereocenters. The minimum Gasteiger partial charge on any atom is -0.368 e. The van der Waals surface area contributed by atoms with Crippen molar-refractivity contribution in [2.24, 2.45) is 17.6 Å². The van der Waals surface area contributed by atoms with Gasteiger partial charge in [0.2, 0.25) is 23.6 Å². The standard InChI is InChI=1S/C17H32N4O5/c1-5-6-7-8-12(9-13(22)21-26)16(24)20-14(10(2)3)17(25)19-11(4)15(18)23/h10-12,14,26H,5-9H2,1-4H3,(H2,18,23)(H,19,25)(H,20,24)(H,21,22)/t11-,12+,14-/m0/s1. The highest BCUT2D eigenvalue weighted by atomic mass is 16.5. The molecule has 0 aliphatic rings. The monoisotopic (exact) mass is 372 g/mol. The van der Waals surface area contributed by atoms with Crippen molar-refractivity contribution in [2.45, 2.75) is 71.9 Å². The van der Waals surface area contributed by atoms with Crippen LogP contribution in [0.1, 0.15) is 59.8 Å². The van der Waals surface area contributed by atoms with Crippen LogP contribution in [0.2, 0.25) is 0 Å². The Balaban J connectivity index is 5.06. The summed E-state index contributed by atoms with van der Waals surface area (Å²) in [6.07, 6.45) is 2.93. The summed E-state index contributed by atoms with van der Waals surface area (Å²) in [5.74, 6) is -3.18. The van der Waals surface area contributed by atoms with Gasteiger partial charge in [-0.3, -0.25) is 24.4 Å². The number of nitrogens with two attached hydrogens (primary N) is 1. The molecule has 9 heteroatoms. The molecule has 0 bridgehead atoms. The Morgan fingerprint density at radius 2 is 1.62 bits per heavy atom. The van der Waals surface area contributed by atoms with Gasteiger partial charge in [-0.2, -0.15) is 0 Å². The number of hydroxylamine groups is 1. The van der Waals surface area contributed by atoms with E-state index in [-0.39, 0.29) is 12.3 Å². The second kappa shape index (κ2) is 12.2. The van der Waals surface area contributed by atoms with E-state index in [1.165, 1.54) is 12.4 Å². The van der Waals surface area contributed by atoms with Crippen LogP contribution in [-0.2, 0) is 19.2 Å². The van der Waals surface area contributed by atoms with Crippen LogP contribution in [-0.4, -0.2) is 40.9 Å². The van der Waals surface area contributed by atoms with E-state index in [9.17, 15) is 19.2 Å². The number of primary amides is 1. The molecule has 0 saturated heterocycles. The van der Waals surface area contributed by atoms with E-state index in [0.717, 1.165) is 19.3 Å². The first-order valence-electron chi connectivity index (χ1n) is 8.96. The molecule has 26 heavy (non-hydrogen) atoms. The van der Waals surface area contributed by atoms with Gasteiger partial charge in [0.1, 0.15) is 12.1 Å². The summed E-state index contributed by atoms with van der Waals surface area (Å²) >= 11 is 0. The van der Waals surface area contributed by atoms with E-state index in [1.807, 2.05) is 6.92 Å². The minimum atomic E-state index is -0.866. The fraction of sp³-hybridized carbons (Fsp3) is 0.765. The van der Waals surface area contributed by atoms with Crippen molar-refractivity contribution >= 4 is 23.6 Å². The zero-order valence-electron chi connectivity index (χ0n) is 16.0. The molecule has 0 aromatic rings. The Bertz CT molecular complexity index is 496. The molecule has 0 aliphatic carbocycles. The molecule has 0 aromatic heterocycles. The summed E-state index contributed by atoms with van der Waals surface area (Å²) in [6, 6.07) is -1.73. The molecule has 0 fully saturated rings. The SMILES string of the molecule is CCCCC[C@H](CC(=O)NO)C(=O)N[C@H](C(=O)N[C@@H](C)C(N)=O)C(C)C. The highest BCUT2D eigenvalue weighted by molar-refractivity contribution is 5.93. The zero-order valence-corrected chi connectivity index (χ0v) is 16.0. The van der Waals surface area contributed by atoms with Crippen LogP contribution in [0.25, 0.3) is 0 Å². The zero-order chi connectivity index (χ0) is 20.3. The third-order valence-electron chi connectivity index (χ3n) is 4.12. The van der Waals surface area contributed by atoms with Gasteiger partial charge in [0.25, 0.3) is 0 Å². The molecule has 0 heterocycles. The van der Waals surface area contributed by atoms with Gasteiger partial charge >= 0.3 is 0 Å². The molecule has 0 rings (SSSR count). The normalized spacial score (nSPS) is 14.2. The smallest absolute Gasteiger partial charge is 0.244 e. The molecule has 150 valence electrons. The lowest BCUT2D eigenvalue weighted by molar-refractivity contribution is -0.137. The molecule has 0 spiro atoms. The number of nitrogens with one attached hydrogen (secondary N) is 3. The summed E-state index contributed by atoms with van der Waals surface area (Å²) in [4.78, 5) is 47.5. The highest BCUT2D eigenvalue weighted by Gasteiger charge is 2.30. The molecule has 0 aliphatic heterocycles. The second-order valence-electron chi connectivity index (χ2n) is 6.79. The fourth-order valence-electron chi connectivity index (χ4n) is 2.42. The average molecular weight is 372 g/mol. The predicted molar refractivity (Wildman–Crippen MR) is 95.7 cm³/mol. The molecule has 4 amide bonds. The summed E-state index contributed by atoms with van der Waals surface area (Å²) in [6.45, 7) is 6.99. The Morgan fingerprint density at radius 3 is 2.08 bits per heavy atom. The van der Waals surface area contributed by atoms with E-state index in [4.69, 9.17) is 10.9 Å². The summed E-state index contributed by atoms with van der Waals surface area (Å²) in [7, 11) is 0. The van der Waals surface area contributed by atoms with E-state index >= 15 is 0 Å². The van der Waals surface area contributed by atoms with Crippen LogP contribution in [0.5, 0.6) is 0 Å². The van der Waals surface area contributed by atoms with Crippen molar-refractivity contribution in [3.05, 3.63) is 0 Å². The first-order valence-corrected chi connectivity index (χ1v) is 8.96. The number of rotatable bonds is 12. The van der Waals surface area contributed by atoms with Crippen LogP contribution in [0, 0.1) is 11.8 Å². The molecule has 0 radical (unpaired) electrons. The van der Waals surface area contributed by atoms with Crippen LogP contribution in [0.4, 0.5) is 0 Å². The number of hydrogen-bond acceptors (Lipinski definition) is 5. The van der Waals surface area contributed by atoms with Gasteiger partial charge < -0.3 is 16.4 Å². The topological polar surface area (TPSA) is 151 Å². The average Bonchev–Trinajstić information content (AvgIpc) is 2.57. The number of carbonyl (C=O) groups is 4. The lowest BCUT2D eigenvalue weighted by Gasteiger charge is -2.25. The van der Waals surface area contributed by atoms with Gasteiger partial charge in [-0.25, -0.2) is 5.48 Å². The van der Waals surface area contributed by atoms with E-state index in [1.54, 1.807) is 13.8 Å². The Morgan fingerprint density at radius 1 is 1.00 bits per heavy atom. The molecule has 6 N–H and O–H groups in total. The van der Waals surface area contributed by atoms with Gasteiger partial charge in [0.05, 0.1) is 0 Å². The number of unbranched alkanes of at least 4 members (excludes halogenated alkanes) is 2. The third-order valence-corrected chi connectivity index (χ3v) is 4.12. The molecular formula is C17H32N4O5. The summed E-state index contributed by atoms with van der Waals surface area (Å²) in [5.41, 5.74) is 6.67. The second-order valence-corrected chi connectivity index (χ2v) is 6.79. The maximum absolute atomic E-state index is 12.6. The Hall–Kier alpha value is -2.16. The lowest BCUT2D eigenvalue weighted by Crippen LogP contribution is -2.55. The van der Waals surface area contributed by atoms with E-state index in [0.29, 0.717) is 6.42 Å². The Labute approximate surface area is 154 Å². The van der Waals surface area contributed by atoms with Gasteiger partial charge in [0, 0.05) is 12.3 Å². The minimum absolute atomic E-state index is 0.170. The van der Waals surface area contributed by atoms with Crippen LogP contribution >= 0.6 is 0 Å².